The van der Waals surface area contributed by atoms with E-state index in [4.69, 9.17) is 16.6 Å². The summed E-state index contributed by atoms with van der Waals surface area (Å²) in [5.74, 6) is 0.00821. The third-order valence-electron chi connectivity index (χ3n) is 6.16. The molecular weight excluding hydrogens is 474 g/mol. The van der Waals surface area contributed by atoms with Gasteiger partial charge in [0, 0.05) is 40.3 Å². The fraction of sp³-hybridized carbons (Fsp3) is 0.172. The van der Waals surface area contributed by atoms with Gasteiger partial charge in [-0.25, -0.2) is 4.99 Å². The Hall–Kier alpha value is -3.28. The summed E-state index contributed by atoms with van der Waals surface area (Å²) in [5.41, 5.74) is 5.19. The molecule has 0 N–H and O–H groups in total. The molecule has 3 aromatic carbocycles. The number of rotatable bonds is 6. The number of aromatic nitrogens is 1. The van der Waals surface area contributed by atoms with E-state index in [1.54, 1.807) is 4.90 Å². The van der Waals surface area contributed by atoms with Gasteiger partial charge in [0.15, 0.2) is 5.17 Å². The van der Waals surface area contributed by atoms with Crippen molar-refractivity contribution < 1.29 is 4.79 Å². The molecule has 35 heavy (non-hydrogen) atoms. The van der Waals surface area contributed by atoms with Crippen molar-refractivity contribution >= 4 is 57.1 Å². The van der Waals surface area contributed by atoms with Crippen molar-refractivity contribution in [2.24, 2.45) is 4.99 Å². The number of halogens is 1. The van der Waals surface area contributed by atoms with Crippen LogP contribution in [0.4, 0.5) is 5.69 Å². The number of carbonyl (C=O) groups is 1. The van der Waals surface area contributed by atoms with Gasteiger partial charge in [0.1, 0.15) is 0 Å². The summed E-state index contributed by atoms with van der Waals surface area (Å²) in [4.78, 5) is 20.7. The van der Waals surface area contributed by atoms with Crippen LogP contribution in [0, 0.1) is 6.92 Å². The van der Waals surface area contributed by atoms with Gasteiger partial charge in [0.05, 0.1) is 10.6 Å². The number of hydrogen-bond donors (Lipinski definition) is 0. The highest BCUT2D eigenvalue weighted by atomic mass is 35.5. The fourth-order valence-corrected chi connectivity index (χ4v) is 5.60. The van der Waals surface area contributed by atoms with Gasteiger partial charge in [0.2, 0.25) is 0 Å². The summed E-state index contributed by atoms with van der Waals surface area (Å²) in [6.45, 7) is 5.49. The van der Waals surface area contributed by atoms with Crippen LogP contribution in [0.1, 0.15) is 30.2 Å². The van der Waals surface area contributed by atoms with Gasteiger partial charge >= 0.3 is 0 Å². The number of aliphatic imine (C=N–C) groups is 1. The van der Waals surface area contributed by atoms with Crippen LogP contribution in [0.25, 0.3) is 17.0 Å². The number of para-hydroxylation sites is 2. The first-order chi connectivity index (χ1) is 17.1. The summed E-state index contributed by atoms with van der Waals surface area (Å²) in [6.07, 6.45) is 2.90. The molecule has 5 rings (SSSR count). The van der Waals surface area contributed by atoms with Crippen molar-refractivity contribution in [2.45, 2.75) is 26.8 Å². The van der Waals surface area contributed by atoms with E-state index in [0.29, 0.717) is 18.0 Å². The van der Waals surface area contributed by atoms with E-state index in [1.165, 1.54) is 11.8 Å². The highest BCUT2D eigenvalue weighted by Crippen LogP contribution is 2.37. The molecule has 0 atom stereocenters. The molecule has 0 unspecified atom stereocenters. The van der Waals surface area contributed by atoms with Crippen LogP contribution in [0.3, 0.4) is 0 Å². The van der Waals surface area contributed by atoms with E-state index in [0.717, 1.165) is 50.0 Å². The predicted octanol–water partition coefficient (Wildman–Crippen LogP) is 7.67. The number of nitrogens with zero attached hydrogens (tertiary/aromatic N) is 3. The largest absolute Gasteiger partial charge is 0.340 e. The maximum atomic E-state index is 13.4. The number of amides is 1. The molecule has 1 fully saturated rings. The van der Waals surface area contributed by atoms with Gasteiger partial charge in [-0.1, -0.05) is 73.1 Å². The minimum atomic E-state index is 0.00821. The zero-order valence-corrected chi connectivity index (χ0v) is 21.3. The number of fused-ring (bicyclic) bond motifs is 1. The average molecular weight is 500 g/mol. The average Bonchev–Trinajstić information content (AvgIpc) is 3.30. The highest BCUT2D eigenvalue weighted by Gasteiger charge is 2.33. The first-order valence-corrected chi connectivity index (χ1v) is 12.9. The first kappa shape index (κ1) is 23.5. The molecule has 0 radical (unpaired) electrons. The second-order valence-electron chi connectivity index (χ2n) is 8.49. The molecular formula is C29H26ClN3OS. The lowest BCUT2D eigenvalue weighted by molar-refractivity contribution is -0.122. The van der Waals surface area contributed by atoms with Crippen LogP contribution in [-0.4, -0.2) is 27.1 Å². The number of amidine groups is 1. The summed E-state index contributed by atoms with van der Waals surface area (Å²) < 4.78 is 2.27. The molecule has 0 bridgehead atoms. The van der Waals surface area contributed by atoms with Crippen LogP contribution in [0.5, 0.6) is 0 Å². The second kappa shape index (κ2) is 10.1. The molecule has 0 saturated carbocycles. The molecule has 1 aliphatic rings. The number of benzene rings is 3. The third-order valence-corrected chi connectivity index (χ3v) is 7.53. The summed E-state index contributed by atoms with van der Waals surface area (Å²) >= 11 is 7.92. The van der Waals surface area contributed by atoms with Crippen LogP contribution >= 0.6 is 23.4 Å². The van der Waals surface area contributed by atoms with E-state index in [-0.39, 0.29) is 5.91 Å². The summed E-state index contributed by atoms with van der Waals surface area (Å²) in [6, 6.07) is 26.0. The van der Waals surface area contributed by atoms with Crippen molar-refractivity contribution in [3.63, 3.8) is 0 Å². The molecule has 1 amide bonds. The minimum Gasteiger partial charge on any atom is -0.340 e. The Morgan fingerprint density at radius 3 is 2.46 bits per heavy atom. The van der Waals surface area contributed by atoms with Crippen LogP contribution in [-0.2, 0) is 11.3 Å². The number of carbonyl (C=O) groups excluding carboxylic acids is 1. The molecule has 2 heterocycles. The zero-order chi connectivity index (χ0) is 24.4. The number of thioether (sulfide) groups is 1. The van der Waals surface area contributed by atoms with Gasteiger partial charge in [-0.05, 0) is 61.0 Å². The van der Waals surface area contributed by atoms with Crippen molar-refractivity contribution in [2.75, 3.05) is 6.54 Å². The monoisotopic (exact) mass is 499 g/mol. The van der Waals surface area contributed by atoms with E-state index >= 15 is 0 Å². The molecule has 4 nitrogen and oxygen atoms in total. The normalized spacial score (nSPS) is 16.2. The standard InChI is InChI=1S/C29H26ClN3OS/c1-3-17-32-28(34)27(35-29(32)31-22-12-5-4-6-13-22)18-24-20(2)33(26-16-10-8-14-23(24)26)19-21-11-7-9-15-25(21)30/h4-16,18H,3,17,19H2,1-2H3/b27-18+,31-29?. The second-order valence-corrected chi connectivity index (χ2v) is 9.91. The molecule has 0 spiro atoms. The Morgan fingerprint density at radius 2 is 1.69 bits per heavy atom. The fourth-order valence-electron chi connectivity index (χ4n) is 4.40. The minimum absolute atomic E-state index is 0.00821. The molecule has 4 aromatic rings. The van der Waals surface area contributed by atoms with E-state index < -0.39 is 0 Å². The highest BCUT2D eigenvalue weighted by molar-refractivity contribution is 8.18. The van der Waals surface area contributed by atoms with Crippen LogP contribution in [0.2, 0.25) is 5.02 Å². The topological polar surface area (TPSA) is 37.6 Å². The van der Waals surface area contributed by atoms with Gasteiger partial charge in [-0.15, -0.1) is 0 Å². The van der Waals surface area contributed by atoms with Crippen molar-refractivity contribution in [1.82, 2.24) is 9.47 Å². The molecule has 176 valence electrons. The maximum absolute atomic E-state index is 13.4. The first-order valence-electron chi connectivity index (χ1n) is 11.7. The van der Waals surface area contributed by atoms with E-state index in [9.17, 15) is 4.79 Å². The SMILES string of the molecule is CCCN1C(=O)/C(=C\c2c(C)n(Cc3ccccc3Cl)c3ccccc23)SC1=Nc1ccccc1. The molecule has 1 saturated heterocycles. The molecule has 1 aromatic heterocycles. The van der Waals surface area contributed by atoms with Crippen LogP contribution < -0.4 is 0 Å². The Morgan fingerprint density at radius 1 is 0.971 bits per heavy atom. The molecule has 1 aliphatic heterocycles. The number of hydrogen-bond acceptors (Lipinski definition) is 3. The van der Waals surface area contributed by atoms with E-state index in [2.05, 4.69) is 36.6 Å². The lowest BCUT2D eigenvalue weighted by Crippen LogP contribution is -2.29. The van der Waals surface area contributed by atoms with Crippen LogP contribution in [0.15, 0.2) is 88.8 Å². The third kappa shape index (κ3) is 4.66. The summed E-state index contributed by atoms with van der Waals surface area (Å²) in [5, 5.41) is 2.60. The predicted molar refractivity (Wildman–Crippen MR) is 148 cm³/mol. The molecule has 0 aliphatic carbocycles. The van der Waals surface area contributed by atoms with Crippen molar-refractivity contribution in [3.05, 3.63) is 106 Å². The van der Waals surface area contributed by atoms with Gasteiger partial charge in [0.25, 0.3) is 5.91 Å². The Labute approximate surface area is 214 Å². The summed E-state index contributed by atoms with van der Waals surface area (Å²) in [7, 11) is 0. The van der Waals surface area contributed by atoms with Crippen molar-refractivity contribution in [1.29, 1.82) is 0 Å². The maximum Gasteiger partial charge on any atom is 0.266 e. The lowest BCUT2D eigenvalue weighted by Gasteiger charge is -2.13. The van der Waals surface area contributed by atoms with Gasteiger partial charge in [-0.2, -0.15) is 0 Å². The zero-order valence-electron chi connectivity index (χ0n) is 19.7. The Bertz CT molecular complexity index is 1460. The lowest BCUT2D eigenvalue weighted by atomic mass is 10.1. The van der Waals surface area contributed by atoms with E-state index in [1.807, 2.05) is 66.7 Å². The Kier molecular flexibility index (Phi) is 6.80. The Balaban J connectivity index is 1.58. The van der Waals surface area contributed by atoms with Gasteiger partial charge in [-0.3, -0.25) is 9.69 Å². The smallest absolute Gasteiger partial charge is 0.266 e. The van der Waals surface area contributed by atoms with Crippen molar-refractivity contribution in [3.8, 4) is 0 Å². The van der Waals surface area contributed by atoms with Gasteiger partial charge < -0.3 is 4.57 Å². The molecule has 6 heteroatoms. The quantitative estimate of drug-likeness (QED) is 0.255.